The zero-order chi connectivity index (χ0) is 19.9. The Hall–Kier alpha value is -2.43. The normalized spacial score (nSPS) is 23.4. The van der Waals surface area contributed by atoms with Crippen LogP contribution in [-0.4, -0.2) is 71.1 Å². The molecule has 28 heavy (non-hydrogen) atoms. The Balaban J connectivity index is 1.51. The van der Waals surface area contributed by atoms with Gasteiger partial charge >= 0.3 is 0 Å². The number of H-pyrrole nitrogens is 1. The molecule has 0 aliphatic carbocycles. The van der Waals surface area contributed by atoms with Gasteiger partial charge in [0.2, 0.25) is 21.8 Å². The summed E-state index contributed by atoms with van der Waals surface area (Å²) < 4.78 is 27.0. The quantitative estimate of drug-likeness (QED) is 0.718. The van der Waals surface area contributed by atoms with E-state index < -0.39 is 22.1 Å². The average molecular weight is 424 g/mol. The Bertz CT molecular complexity index is 993. The molecule has 2 amide bonds. The standard InChI is InChI=1S/C17H18ClN5O4S/c18-11-1-3-13(4-2-11)28(26,27)22-5-6-23-15(9-22)16(24)21-14(17(23)25)7-12-8-19-10-20-12/h1-4,8,10,14-15H,5-7,9H2,(H,19,20)(H,21,24)/t14-,15+/m1/s1. The number of hydrogen-bond acceptors (Lipinski definition) is 5. The number of aromatic amines is 1. The number of benzene rings is 1. The number of carbonyl (C=O) groups excluding carboxylic acids is 2. The maximum absolute atomic E-state index is 12.9. The van der Waals surface area contributed by atoms with Crippen LogP contribution in [0.15, 0.2) is 41.7 Å². The Kier molecular flexibility index (Phi) is 4.86. The van der Waals surface area contributed by atoms with E-state index in [4.69, 9.17) is 11.6 Å². The summed E-state index contributed by atoms with van der Waals surface area (Å²) in [4.78, 5) is 33.8. The van der Waals surface area contributed by atoms with Gasteiger partial charge in [-0.3, -0.25) is 9.59 Å². The molecule has 1 aromatic carbocycles. The molecule has 1 aromatic heterocycles. The second-order valence-corrected chi connectivity index (χ2v) is 9.08. The lowest BCUT2D eigenvalue weighted by molar-refractivity contribution is -0.151. The van der Waals surface area contributed by atoms with Gasteiger partial charge in [-0.15, -0.1) is 0 Å². The van der Waals surface area contributed by atoms with E-state index >= 15 is 0 Å². The number of carbonyl (C=O) groups is 2. The lowest BCUT2D eigenvalue weighted by atomic mass is 10.0. The van der Waals surface area contributed by atoms with Crippen molar-refractivity contribution in [3.05, 3.63) is 47.5 Å². The maximum Gasteiger partial charge on any atom is 0.246 e. The van der Waals surface area contributed by atoms with Crippen LogP contribution in [0.4, 0.5) is 0 Å². The average Bonchev–Trinajstić information content (AvgIpc) is 3.19. The van der Waals surface area contributed by atoms with E-state index in [9.17, 15) is 18.0 Å². The van der Waals surface area contributed by atoms with Crippen molar-refractivity contribution < 1.29 is 18.0 Å². The molecule has 0 bridgehead atoms. The molecule has 148 valence electrons. The molecule has 0 unspecified atom stereocenters. The predicted molar refractivity (Wildman–Crippen MR) is 99.9 cm³/mol. The zero-order valence-corrected chi connectivity index (χ0v) is 16.3. The molecule has 11 heteroatoms. The van der Waals surface area contributed by atoms with Crippen molar-refractivity contribution in [3.63, 3.8) is 0 Å². The number of hydrogen-bond donors (Lipinski definition) is 2. The molecule has 2 fully saturated rings. The van der Waals surface area contributed by atoms with Crippen LogP contribution in [-0.2, 0) is 26.0 Å². The third-order valence-electron chi connectivity index (χ3n) is 4.97. The van der Waals surface area contributed by atoms with Gasteiger partial charge in [-0.2, -0.15) is 4.31 Å². The minimum atomic E-state index is -3.78. The summed E-state index contributed by atoms with van der Waals surface area (Å²) in [5.41, 5.74) is 0.737. The van der Waals surface area contributed by atoms with Crippen LogP contribution in [0.25, 0.3) is 0 Å². The molecule has 2 aromatic rings. The highest BCUT2D eigenvalue weighted by molar-refractivity contribution is 7.89. The van der Waals surface area contributed by atoms with Crippen molar-refractivity contribution in [1.82, 2.24) is 24.5 Å². The number of piperazine rings is 2. The van der Waals surface area contributed by atoms with Gasteiger partial charge in [-0.1, -0.05) is 11.6 Å². The van der Waals surface area contributed by atoms with Crippen molar-refractivity contribution in [3.8, 4) is 0 Å². The number of amides is 2. The Morgan fingerprint density at radius 3 is 2.61 bits per heavy atom. The molecule has 0 spiro atoms. The fourth-order valence-electron chi connectivity index (χ4n) is 3.50. The first-order valence-corrected chi connectivity index (χ1v) is 10.5. The van der Waals surface area contributed by atoms with Crippen molar-refractivity contribution in [1.29, 1.82) is 0 Å². The van der Waals surface area contributed by atoms with E-state index in [0.717, 1.165) is 5.69 Å². The summed E-state index contributed by atoms with van der Waals surface area (Å²) in [7, 11) is -3.78. The number of nitrogens with zero attached hydrogens (tertiary/aromatic N) is 3. The van der Waals surface area contributed by atoms with E-state index in [1.807, 2.05) is 0 Å². The van der Waals surface area contributed by atoms with Crippen LogP contribution in [0, 0.1) is 0 Å². The molecule has 3 heterocycles. The minimum absolute atomic E-state index is 0.0840. The number of aromatic nitrogens is 2. The van der Waals surface area contributed by atoms with E-state index in [0.29, 0.717) is 11.4 Å². The van der Waals surface area contributed by atoms with E-state index in [2.05, 4.69) is 15.3 Å². The highest BCUT2D eigenvalue weighted by Crippen LogP contribution is 2.24. The van der Waals surface area contributed by atoms with Gasteiger partial charge in [-0.25, -0.2) is 13.4 Å². The Morgan fingerprint density at radius 1 is 1.18 bits per heavy atom. The van der Waals surface area contributed by atoms with Gasteiger partial charge < -0.3 is 15.2 Å². The number of rotatable bonds is 4. The van der Waals surface area contributed by atoms with Crippen molar-refractivity contribution in [2.75, 3.05) is 19.6 Å². The zero-order valence-electron chi connectivity index (χ0n) is 14.7. The molecular formula is C17H18ClN5O4S. The van der Waals surface area contributed by atoms with E-state index in [-0.39, 0.29) is 36.3 Å². The molecule has 0 saturated carbocycles. The SMILES string of the molecule is O=C1N[C@H](Cc2cnc[nH]2)C(=O)N2CCN(S(=O)(=O)c3ccc(Cl)cc3)C[C@@H]12. The second-order valence-electron chi connectivity index (χ2n) is 6.71. The maximum atomic E-state index is 12.9. The fraction of sp³-hybridized carbons (Fsp3) is 0.353. The van der Waals surface area contributed by atoms with Crippen LogP contribution in [0.1, 0.15) is 5.69 Å². The largest absolute Gasteiger partial charge is 0.348 e. The lowest BCUT2D eigenvalue weighted by Gasteiger charge is -2.44. The third-order valence-corrected chi connectivity index (χ3v) is 7.11. The van der Waals surface area contributed by atoms with Crippen LogP contribution in [0.2, 0.25) is 5.02 Å². The first-order valence-electron chi connectivity index (χ1n) is 8.70. The van der Waals surface area contributed by atoms with Crippen LogP contribution >= 0.6 is 11.6 Å². The van der Waals surface area contributed by atoms with Crippen molar-refractivity contribution in [2.24, 2.45) is 0 Å². The molecule has 2 atom stereocenters. The van der Waals surface area contributed by atoms with Gasteiger partial charge in [-0.05, 0) is 24.3 Å². The van der Waals surface area contributed by atoms with E-state index in [1.165, 1.54) is 39.8 Å². The summed E-state index contributed by atoms with van der Waals surface area (Å²) in [6.45, 7) is 0.194. The van der Waals surface area contributed by atoms with Crippen LogP contribution in [0.5, 0.6) is 0 Å². The third kappa shape index (κ3) is 3.38. The fourth-order valence-corrected chi connectivity index (χ4v) is 5.07. The van der Waals surface area contributed by atoms with Crippen LogP contribution in [0.3, 0.4) is 0 Å². The summed E-state index contributed by atoms with van der Waals surface area (Å²) in [5, 5.41) is 3.14. The predicted octanol–water partition coefficient (Wildman–Crippen LogP) is 0.00570. The second kappa shape index (κ2) is 7.19. The topological polar surface area (TPSA) is 115 Å². The monoisotopic (exact) mass is 423 g/mol. The summed E-state index contributed by atoms with van der Waals surface area (Å²) in [6.07, 6.45) is 3.41. The summed E-state index contributed by atoms with van der Waals surface area (Å²) in [5.74, 6) is -0.581. The van der Waals surface area contributed by atoms with Crippen molar-refractivity contribution in [2.45, 2.75) is 23.4 Å². The lowest BCUT2D eigenvalue weighted by Crippen LogP contribution is -2.69. The Labute approximate surface area is 166 Å². The molecule has 2 saturated heterocycles. The highest BCUT2D eigenvalue weighted by atomic mass is 35.5. The number of nitrogens with one attached hydrogen (secondary N) is 2. The molecule has 9 nitrogen and oxygen atoms in total. The molecule has 2 aliphatic heterocycles. The van der Waals surface area contributed by atoms with Gasteiger partial charge in [0, 0.05) is 43.0 Å². The first-order chi connectivity index (χ1) is 13.4. The number of fused-ring (bicyclic) bond motifs is 1. The van der Waals surface area contributed by atoms with E-state index in [1.54, 1.807) is 6.20 Å². The minimum Gasteiger partial charge on any atom is -0.348 e. The highest BCUT2D eigenvalue weighted by Gasteiger charge is 2.45. The molecular weight excluding hydrogens is 406 g/mol. The first kappa shape index (κ1) is 18.9. The van der Waals surface area contributed by atoms with Crippen molar-refractivity contribution >= 4 is 33.4 Å². The molecule has 4 rings (SSSR count). The molecule has 0 radical (unpaired) electrons. The van der Waals surface area contributed by atoms with Gasteiger partial charge in [0.25, 0.3) is 0 Å². The molecule has 2 N–H and O–H groups in total. The molecule has 2 aliphatic rings. The number of halogens is 1. The Morgan fingerprint density at radius 2 is 1.93 bits per heavy atom. The van der Waals surface area contributed by atoms with Gasteiger partial charge in [0.15, 0.2) is 0 Å². The summed E-state index contributed by atoms with van der Waals surface area (Å²) >= 11 is 5.83. The van der Waals surface area contributed by atoms with Gasteiger partial charge in [0.05, 0.1) is 11.2 Å². The summed E-state index contributed by atoms with van der Waals surface area (Å²) in [6, 6.07) is 4.32. The number of imidazole rings is 1. The van der Waals surface area contributed by atoms with Crippen LogP contribution < -0.4 is 5.32 Å². The smallest absolute Gasteiger partial charge is 0.246 e. The number of sulfonamides is 1. The van der Waals surface area contributed by atoms with Gasteiger partial charge in [0.1, 0.15) is 12.1 Å².